The quantitative estimate of drug-likeness (QED) is 0.601. The molecule has 8 nitrogen and oxygen atoms in total. The van der Waals surface area contributed by atoms with Crippen molar-refractivity contribution in [2.75, 3.05) is 31.7 Å². The zero-order chi connectivity index (χ0) is 21.8. The molecule has 0 N–H and O–H groups in total. The number of aryl methyl sites for hydroxylation is 1. The van der Waals surface area contributed by atoms with Gasteiger partial charge in [-0.2, -0.15) is 5.10 Å². The summed E-state index contributed by atoms with van der Waals surface area (Å²) in [5.41, 5.74) is 0.894. The second kappa shape index (κ2) is 9.56. The maximum atomic E-state index is 12.3. The van der Waals surface area contributed by atoms with Gasteiger partial charge in [-0.15, -0.1) is 4.21 Å². The van der Waals surface area contributed by atoms with Crippen molar-refractivity contribution in [3.8, 4) is 5.75 Å². The average molecular weight is 450 g/mol. The zero-order valence-corrected chi connectivity index (χ0v) is 18.8. The lowest BCUT2D eigenvalue weighted by atomic mass is 9.98. The largest absolute Gasteiger partial charge is 0.615 e. The lowest BCUT2D eigenvalue weighted by Crippen LogP contribution is -2.41. The van der Waals surface area contributed by atoms with Gasteiger partial charge in [0, 0.05) is 28.7 Å². The molecule has 170 valence electrons. The van der Waals surface area contributed by atoms with Crippen molar-refractivity contribution < 1.29 is 23.0 Å². The van der Waals surface area contributed by atoms with Gasteiger partial charge in [-0.1, -0.05) is 0 Å². The number of piperidine rings is 1. The Morgan fingerprint density at radius 3 is 2.68 bits per heavy atom. The van der Waals surface area contributed by atoms with E-state index >= 15 is 0 Å². The summed E-state index contributed by atoms with van der Waals surface area (Å²) >= 11 is 0. The van der Waals surface area contributed by atoms with E-state index in [0.717, 1.165) is 55.2 Å². The van der Waals surface area contributed by atoms with Gasteiger partial charge in [-0.3, -0.25) is 4.68 Å². The van der Waals surface area contributed by atoms with Crippen LogP contribution >= 0.6 is 0 Å². The lowest BCUT2D eigenvalue weighted by molar-refractivity contribution is 0.0515. The first-order valence-corrected chi connectivity index (χ1v) is 13.1. The Kier molecular flexibility index (Phi) is 6.81. The van der Waals surface area contributed by atoms with Crippen molar-refractivity contribution in [1.29, 1.82) is 0 Å². The molecule has 2 heterocycles. The summed E-state index contributed by atoms with van der Waals surface area (Å²) in [6, 6.07) is 5.75. The van der Waals surface area contributed by atoms with E-state index in [9.17, 15) is 13.6 Å². The molecule has 1 aliphatic heterocycles. The molecule has 0 bridgehead atoms. The molecular formula is C22H31N3O5S. The van der Waals surface area contributed by atoms with Gasteiger partial charge in [-0.05, 0) is 62.6 Å². The van der Waals surface area contributed by atoms with Gasteiger partial charge in [0.15, 0.2) is 0 Å². The summed E-state index contributed by atoms with van der Waals surface area (Å²) in [7, 11) is -3.03. The van der Waals surface area contributed by atoms with Crippen LogP contribution < -0.4 is 4.74 Å². The van der Waals surface area contributed by atoms with Crippen LogP contribution in [0.2, 0.25) is 0 Å². The molecule has 1 unspecified atom stereocenters. The average Bonchev–Trinajstić information content (AvgIpc) is 3.40. The van der Waals surface area contributed by atoms with E-state index in [-0.39, 0.29) is 18.0 Å². The number of hydrogen-bond acceptors (Lipinski definition) is 6. The number of nitrogens with zero attached hydrogens (tertiary/aromatic N) is 3. The van der Waals surface area contributed by atoms with Gasteiger partial charge < -0.3 is 18.9 Å². The molecule has 0 radical (unpaired) electrons. The molecule has 1 aliphatic carbocycles. The summed E-state index contributed by atoms with van der Waals surface area (Å²) in [5.74, 6) is 1.25. The molecule has 0 spiro atoms. The lowest BCUT2D eigenvalue weighted by Gasteiger charge is -2.32. The number of carbonyl (C=O) groups excluding carboxylic acids is 1. The van der Waals surface area contributed by atoms with Crippen LogP contribution in [-0.4, -0.2) is 63.1 Å². The maximum Gasteiger partial charge on any atom is 0.410 e. The Labute approximate surface area is 184 Å². The predicted octanol–water partition coefficient (Wildman–Crippen LogP) is 3.47. The van der Waals surface area contributed by atoms with Crippen LogP contribution in [0, 0.1) is 5.92 Å². The maximum absolute atomic E-state index is 12.3. The summed E-state index contributed by atoms with van der Waals surface area (Å²) in [6.07, 6.45) is 9.04. The Morgan fingerprint density at radius 1 is 1.23 bits per heavy atom. The molecule has 1 saturated carbocycles. The monoisotopic (exact) mass is 449 g/mol. The van der Waals surface area contributed by atoms with Crippen molar-refractivity contribution in [2.24, 2.45) is 5.92 Å². The van der Waals surface area contributed by atoms with E-state index in [1.54, 1.807) is 10.9 Å². The molecule has 31 heavy (non-hydrogen) atoms. The molecule has 1 aromatic heterocycles. The third-order valence-electron chi connectivity index (χ3n) is 6.22. The molecule has 1 saturated heterocycles. The first-order valence-electron chi connectivity index (χ1n) is 11.1. The molecule has 1 atom stereocenters. The minimum absolute atomic E-state index is 0.0644. The normalized spacial score (nSPS) is 20.1. The Morgan fingerprint density at radius 2 is 1.97 bits per heavy atom. The number of carbonyl (C=O) groups is 1. The number of sulfone groups is 1. The first-order chi connectivity index (χ1) is 14.9. The van der Waals surface area contributed by atoms with Crippen molar-refractivity contribution in [3.05, 3.63) is 24.4 Å². The van der Waals surface area contributed by atoms with E-state index < -0.39 is 10.2 Å². The summed E-state index contributed by atoms with van der Waals surface area (Å²) in [6.45, 7) is 2.38. The summed E-state index contributed by atoms with van der Waals surface area (Å²) in [5, 5.41) is 5.22. The van der Waals surface area contributed by atoms with Crippen LogP contribution in [0.3, 0.4) is 0 Å². The number of ether oxygens (including phenoxy) is 2. The number of hydrogen-bond donors (Lipinski definition) is 0. The van der Waals surface area contributed by atoms with E-state index in [1.165, 1.54) is 6.26 Å². The highest BCUT2D eigenvalue weighted by atomic mass is 32.3. The van der Waals surface area contributed by atoms with Gasteiger partial charge >= 0.3 is 6.09 Å². The van der Waals surface area contributed by atoms with Crippen molar-refractivity contribution in [1.82, 2.24) is 14.7 Å². The van der Waals surface area contributed by atoms with Gasteiger partial charge in [0.25, 0.3) is 0 Å². The number of aromatic nitrogens is 2. The van der Waals surface area contributed by atoms with Crippen molar-refractivity contribution >= 4 is 27.2 Å². The Balaban J connectivity index is 1.24. The smallest absolute Gasteiger partial charge is 0.410 e. The van der Waals surface area contributed by atoms with E-state index in [0.29, 0.717) is 32.2 Å². The van der Waals surface area contributed by atoms with Crippen molar-refractivity contribution in [2.45, 2.75) is 51.2 Å². The first kappa shape index (κ1) is 22.1. The van der Waals surface area contributed by atoms with Crippen molar-refractivity contribution in [3.63, 3.8) is 0 Å². The number of amides is 1. The fraction of sp³-hybridized carbons (Fsp3) is 0.636. The second-order valence-corrected chi connectivity index (χ2v) is 11.0. The van der Waals surface area contributed by atoms with E-state index in [1.807, 2.05) is 23.1 Å². The number of rotatable bonds is 7. The van der Waals surface area contributed by atoms with Gasteiger partial charge in [0.05, 0.1) is 31.1 Å². The molecule has 2 aliphatic rings. The van der Waals surface area contributed by atoms with Gasteiger partial charge in [0.2, 0.25) is 0 Å². The van der Waals surface area contributed by atoms with Crippen LogP contribution in [0.15, 0.2) is 24.4 Å². The number of fused-ring (bicyclic) bond motifs is 1. The topological polar surface area (TPSA) is 96.7 Å². The standard InChI is InChI=1S/C22H31N3O5S/c1-31(27,28)13-12-25-21-7-6-20(14-18(21)15-23-25)29-16-17-8-10-24(11-9-17)22(26)30-19-4-2-3-5-19/h6-7,14-15,17,19H,2-5,8-13,16H2,1H3. The Bertz CT molecular complexity index is 942. The summed E-state index contributed by atoms with van der Waals surface area (Å²) < 4.78 is 36.1. The number of likely N-dealkylation sites (tertiary alicyclic amines) is 1. The number of benzene rings is 1. The van der Waals surface area contributed by atoms with Crippen LogP contribution in [0.1, 0.15) is 38.5 Å². The molecule has 9 heteroatoms. The fourth-order valence-corrected chi connectivity index (χ4v) is 4.81. The van der Waals surface area contributed by atoms with Gasteiger partial charge in [0.1, 0.15) is 17.6 Å². The predicted molar refractivity (Wildman–Crippen MR) is 118 cm³/mol. The minimum atomic E-state index is -3.03. The van der Waals surface area contributed by atoms with Crippen LogP contribution in [0.5, 0.6) is 5.75 Å². The second-order valence-electron chi connectivity index (χ2n) is 8.75. The third kappa shape index (κ3) is 5.98. The molecular weight excluding hydrogens is 418 g/mol. The molecule has 4 rings (SSSR count). The van der Waals surface area contributed by atoms with Crippen LogP contribution in [0.4, 0.5) is 4.79 Å². The molecule has 1 aromatic carbocycles. The van der Waals surface area contributed by atoms with Crippen LogP contribution in [-0.2, 0) is 25.7 Å². The molecule has 1 amide bonds. The molecule has 2 fully saturated rings. The third-order valence-corrected chi connectivity index (χ3v) is 7.14. The van der Waals surface area contributed by atoms with Gasteiger partial charge in [-0.25, -0.2) is 4.79 Å². The fourth-order valence-electron chi connectivity index (χ4n) is 4.31. The summed E-state index contributed by atoms with van der Waals surface area (Å²) in [4.78, 5) is 14.1. The van der Waals surface area contributed by atoms with Crippen LogP contribution in [0.25, 0.3) is 10.9 Å². The van der Waals surface area contributed by atoms with E-state index in [4.69, 9.17) is 9.47 Å². The van der Waals surface area contributed by atoms with E-state index in [2.05, 4.69) is 5.10 Å². The minimum Gasteiger partial charge on any atom is -0.615 e. The zero-order valence-electron chi connectivity index (χ0n) is 18.0. The highest BCUT2D eigenvalue weighted by Crippen LogP contribution is 2.25. The SMILES string of the molecule is C[S+](=O)([O-])CCn1ncc2cc(OCC3CCN(C(=O)OC4CCCC4)CC3)ccc21. The Hall–Kier alpha value is -2.13. The molecule has 2 aromatic rings. The highest BCUT2D eigenvalue weighted by molar-refractivity contribution is 7.96. The highest BCUT2D eigenvalue weighted by Gasteiger charge is 2.27.